The molecule has 0 aliphatic heterocycles. The molecule has 0 aromatic rings. The smallest absolute Gasteiger partial charge is 0.368 e. The van der Waals surface area contributed by atoms with Crippen molar-refractivity contribution >= 4 is 12.2 Å². The summed E-state index contributed by atoms with van der Waals surface area (Å²) in [6, 6.07) is -0.722. The fraction of sp³-hybridized carbons (Fsp3) is 0.647. The molecule has 0 bridgehead atoms. The Morgan fingerprint density at radius 1 is 1.20 bits per heavy atom. The SMILES string of the molecule is CC(C)CC(C(N)=O)N(C)/C=C(CCN(C)C)\C(=C/C=O)C(F)(F)F. The summed E-state index contributed by atoms with van der Waals surface area (Å²) in [6.07, 6.45) is -2.28. The van der Waals surface area contributed by atoms with Crippen molar-refractivity contribution in [2.75, 3.05) is 27.7 Å². The Morgan fingerprint density at radius 2 is 1.76 bits per heavy atom. The lowest BCUT2D eigenvalue weighted by Gasteiger charge is -2.28. The standard InChI is InChI=1S/C17H28F3N3O2/c1-12(2)10-15(16(21)25)23(5)11-13(6-8-22(3)4)14(7-9-24)17(18,19)20/h7,9,11-12,15H,6,8,10H2,1-5H3,(H2,21,25)/b13-11-,14-7+. The molecule has 2 N–H and O–H groups in total. The van der Waals surface area contributed by atoms with Gasteiger partial charge in [0.05, 0.1) is 5.57 Å². The van der Waals surface area contributed by atoms with Gasteiger partial charge in [-0.05, 0) is 44.5 Å². The van der Waals surface area contributed by atoms with Crippen LogP contribution in [0.1, 0.15) is 26.7 Å². The topological polar surface area (TPSA) is 66.6 Å². The van der Waals surface area contributed by atoms with E-state index in [-0.39, 0.29) is 24.2 Å². The number of likely N-dealkylation sites (N-methyl/N-ethyl adjacent to an activating group) is 1. The van der Waals surface area contributed by atoms with E-state index in [1.54, 1.807) is 19.0 Å². The summed E-state index contributed by atoms with van der Waals surface area (Å²) in [5, 5.41) is 0. The second-order valence-corrected chi connectivity index (χ2v) is 6.63. The number of halogens is 3. The highest BCUT2D eigenvalue weighted by Crippen LogP contribution is 2.33. The molecule has 25 heavy (non-hydrogen) atoms. The van der Waals surface area contributed by atoms with Gasteiger partial charge in [-0.3, -0.25) is 9.59 Å². The van der Waals surface area contributed by atoms with Crippen LogP contribution in [0.25, 0.3) is 0 Å². The third kappa shape index (κ3) is 8.72. The van der Waals surface area contributed by atoms with Gasteiger partial charge in [-0.25, -0.2) is 0 Å². The summed E-state index contributed by atoms with van der Waals surface area (Å²) < 4.78 is 39.9. The van der Waals surface area contributed by atoms with Crippen LogP contribution in [0.4, 0.5) is 13.2 Å². The third-order valence-electron chi connectivity index (χ3n) is 3.59. The Hall–Kier alpha value is -1.83. The molecular formula is C17H28F3N3O2. The van der Waals surface area contributed by atoms with Crippen LogP contribution in [0.15, 0.2) is 23.4 Å². The maximum absolute atomic E-state index is 13.3. The number of aldehydes is 1. The van der Waals surface area contributed by atoms with Crippen molar-refractivity contribution in [3.05, 3.63) is 23.4 Å². The first-order valence-electron chi connectivity index (χ1n) is 7.99. The Labute approximate surface area is 147 Å². The van der Waals surface area contributed by atoms with Crippen LogP contribution < -0.4 is 5.73 Å². The van der Waals surface area contributed by atoms with Crippen LogP contribution in [0.5, 0.6) is 0 Å². The highest BCUT2D eigenvalue weighted by Gasteiger charge is 2.36. The van der Waals surface area contributed by atoms with Crippen molar-refractivity contribution in [1.29, 1.82) is 0 Å². The summed E-state index contributed by atoms with van der Waals surface area (Å²) in [6.45, 7) is 4.15. The van der Waals surface area contributed by atoms with E-state index in [2.05, 4.69) is 0 Å². The van der Waals surface area contributed by atoms with E-state index in [0.717, 1.165) is 0 Å². The average molecular weight is 363 g/mol. The molecule has 8 heteroatoms. The van der Waals surface area contributed by atoms with E-state index in [1.165, 1.54) is 18.1 Å². The number of carbonyl (C=O) groups excluding carboxylic acids is 2. The zero-order chi connectivity index (χ0) is 19.8. The molecule has 0 aromatic heterocycles. The minimum absolute atomic E-state index is 0.0641. The molecule has 0 spiro atoms. The highest BCUT2D eigenvalue weighted by atomic mass is 19.4. The maximum Gasteiger partial charge on any atom is 0.416 e. The van der Waals surface area contributed by atoms with Gasteiger partial charge >= 0.3 is 6.18 Å². The van der Waals surface area contributed by atoms with Gasteiger partial charge in [-0.2, -0.15) is 13.2 Å². The molecule has 0 heterocycles. The Balaban J connectivity index is 5.85. The molecule has 0 rings (SSSR count). The maximum atomic E-state index is 13.3. The molecule has 1 amide bonds. The molecule has 0 aromatic carbocycles. The van der Waals surface area contributed by atoms with Gasteiger partial charge in [-0.15, -0.1) is 0 Å². The molecule has 0 aliphatic rings. The fourth-order valence-corrected chi connectivity index (χ4v) is 2.33. The van der Waals surface area contributed by atoms with Gasteiger partial charge in [0, 0.05) is 19.8 Å². The van der Waals surface area contributed by atoms with Crippen LogP contribution in [0.3, 0.4) is 0 Å². The second kappa shape index (κ2) is 10.2. The van der Waals surface area contributed by atoms with Gasteiger partial charge < -0.3 is 15.5 Å². The van der Waals surface area contributed by atoms with E-state index in [9.17, 15) is 22.8 Å². The first-order valence-corrected chi connectivity index (χ1v) is 7.99. The highest BCUT2D eigenvalue weighted by molar-refractivity contribution is 5.80. The predicted molar refractivity (Wildman–Crippen MR) is 91.7 cm³/mol. The number of nitrogens with two attached hydrogens (primary N) is 1. The van der Waals surface area contributed by atoms with Gasteiger partial charge in [0.1, 0.15) is 12.3 Å². The Kier molecular flexibility index (Phi) is 9.48. The van der Waals surface area contributed by atoms with E-state index in [1.807, 2.05) is 13.8 Å². The number of primary amides is 1. The first-order chi connectivity index (χ1) is 11.4. The van der Waals surface area contributed by atoms with Crippen molar-refractivity contribution < 1.29 is 22.8 Å². The summed E-state index contributed by atoms with van der Waals surface area (Å²) in [5.41, 5.74) is 4.32. The minimum Gasteiger partial charge on any atom is -0.368 e. The normalized spacial score (nSPS) is 14.8. The number of allylic oxidation sites excluding steroid dienone is 2. The molecule has 1 unspecified atom stereocenters. The molecular weight excluding hydrogens is 335 g/mol. The van der Waals surface area contributed by atoms with E-state index < -0.39 is 23.7 Å². The van der Waals surface area contributed by atoms with Gasteiger partial charge in [0.25, 0.3) is 0 Å². The fourth-order valence-electron chi connectivity index (χ4n) is 2.33. The summed E-state index contributed by atoms with van der Waals surface area (Å²) in [4.78, 5) is 25.5. The van der Waals surface area contributed by atoms with Crippen molar-refractivity contribution in [2.45, 2.75) is 38.9 Å². The van der Waals surface area contributed by atoms with Crippen LogP contribution in [-0.2, 0) is 9.59 Å². The van der Waals surface area contributed by atoms with Crippen LogP contribution >= 0.6 is 0 Å². The zero-order valence-electron chi connectivity index (χ0n) is 15.4. The number of amides is 1. The van der Waals surface area contributed by atoms with Crippen molar-refractivity contribution in [2.24, 2.45) is 11.7 Å². The van der Waals surface area contributed by atoms with Crippen LogP contribution in [0.2, 0.25) is 0 Å². The lowest BCUT2D eigenvalue weighted by Crippen LogP contribution is -2.41. The van der Waals surface area contributed by atoms with Crippen molar-refractivity contribution in [3.63, 3.8) is 0 Å². The van der Waals surface area contributed by atoms with E-state index >= 15 is 0 Å². The summed E-state index contributed by atoms with van der Waals surface area (Å²) in [5.74, 6) is -0.460. The molecule has 5 nitrogen and oxygen atoms in total. The zero-order valence-corrected chi connectivity index (χ0v) is 15.4. The number of rotatable bonds is 10. The molecule has 0 aliphatic carbocycles. The lowest BCUT2D eigenvalue weighted by molar-refractivity contribution is -0.122. The molecule has 0 radical (unpaired) electrons. The second-order valence-electron chi connectivity index (χ2n) is 6.63. The third-order valence-corrected chi connectivity index (χ3v) is 3.59. The summed E-state index contributed by atoms with van der Waals surface area (Å²) >= 11 is 0. The molecule has 1 atom stereocenters. The molecule has 0 saturated carbocycles. The first kappa shape index (κ1) is 23.2. The quantitative estimate of drug-likeness (QED) is 0.368. The average Bonchev–Trinajstić information content (AvgIpc) is 2.44. The number of hydrogen-bond acceptors (Lipinski definition) is 4. The van der Waals surface area contributed by atoms with Gasteiger partial charge in [0.15, 0.2) is 0 Å². The largest absolute Gasteiger partial charge is 0.416 e. The van der Waals surface area contributed by atoms with Crippen molar-refractivity contribution in [3.8, 4) is 0 Å². The summed E-state index contributed by atoms with van der Waals surface area (Å²) in [7, 11) is 4.99. The Morgan fingerprint density at radius 3 is 2.12 bits per heavy atom. The van der Waals surface area contributed by atoms with E-state index in [4.69, 9.17) is 5.73 Å². The molecule has 0 saturated heterocycles. The predicted octanol–water partition coefficient (Wildman–Crippen LogP) is 2.34. The number of carbonyl (C=O) groups is 2. The molecule has 144 valence electrons. The Bertz CT molecular complexity index is 512. The monoisotopic (exact) mass is 363 g/mol. The number of alkyl halides is 3. The van der Waals surface area contributed by atoms with Gasteiger partial charge in [0.2, 0.25) is 5.91 Å². The number of hydrogen-bond donors (Lipinski definition) is 1. The number of nitrogens with zero attached hydrogens (tertiary/aromatic N) is 2. The van der Waals surface area contributed by atoms with Crippen LogP contribution in [0, 0.1) is 5.92 Å². The lowest BCUT2D eigenvalue weighted by atomic mass is 10.00. The minimum atomic E-state index is -4.67. The van der Waals surface area contributed by atoms with Crippen LogP contribution in [-0.4, -0.2) is 61.9 Å². The van der Waals surface area contributed by atoms with Gasteiger partial charge in [-0.1, -0.05) is 13.8 Å². The molecule has 0 fully saturated rings. The van der Waals surface area contributed by atoms with Crippen molar-refractivity contribution in [1.82, 2.24) is 9.80 Å². The van der Waals surface area contributed by atoms with E-state index in [0.29, 0.717) is 19.0 Å².